The number of hydrogen-bond acceptors (Lipinski definition) is 2. The van der Waals surface area contributed by atoms with Crippen LogP contribution >= 0.6 is 11.6 Å². The van der Waals surface area contributed by atoms with Crippen molar-refractivity contribution in [1.29, 1.82) is 0 Å². The highest BCUT2D eigenvalue weighted by Gasteiger charge is 2.06. The molecule has 3 aromatic rings. The number of halogens is 2. The summed E-state index contributed by atoms with van der Waals surface area (Å²) >= 11 is 5.76. The molecule has 2 aromatic carbocycles. The van der Waals surface area contributed by atoms with E-state index in [1.165, 1.54) is 6.07 Å². The van der Waals surface area contributed by atoms with Crippen molar-refractivity contribution in [3.63, 3.8) is 0 Å². The van der Waals surface area contributed by atoms with E-state index < -0.39 is 5.82 Å². The molecule has 0 atom stereocenters. The van der Waals surface area contributed by atoms with Crippen LogP contribution in [0.1, 0.15) is 5.56 Å². The van der Waals surface area contributed by atoms with Gasteiger partial charge in [-0.15, -0.1) is 0 Å². The van der Waals surface area contributed by atoms with Gasteiger partial charge in [-0.25, -0.2) is 4.39 Å². The molecule has 0 aliphatic rings. The topological polar surface area (TPSA) is 24.9 Å². The van der Waals surface area contributed by atoms with E-state index in [9.17, 15) is 4.39 Å². The van der Waals surface area contributed by atoms with Gasteiger partial charge in [0.1, 0.15) is 0 Å². The van der Waals surface area contributed by atoms with Gasteiger partial charge in [0.15, 0.2) is 5.82 Å². The smallest absolute Gasteiger partial charge is 0.164 e. The minimum atomic E-state index is -0.428. The minimum absolute atomic E-state index is 0.117. The Hall–Kier alpha value is -2.13. The summed E-state index contributed by atoms with van der Waals surface area (Å²) in [5.41, 5.74) is 1.41. The maximum atomic E-state index is 13.8. The van der Waals surface area contributed by atoms with Gasteiger partial charge in [0.2, 0.25) is 0 Å². The third-order valence-corrected chi connectivity index (χ3v) is 3.46. The number of hydrogen-bond donors (Lipinski definition) is 1. The zero-order valence-corrected chi connectivity index (χ0v) is 11.4. The number of nitrogens with one attached hydrogen (secondary N) is 1. The molecule has 0 aliphatic heterocycles. The van der Waals surface area contributed by atoms with Gasteiger partial charge in [0.25, 0.3) is 0 Å². The summed E-state index contributed by atoms with van der Waals surface area (Å²) in [6.07, 6.45) is 3.61. The first kappa shape index (κ1) is 12.9. The van der Waals surface area contributed by atoms with Crippen molar-refractivity contribution < 1.29 is 4.39 Å². The Bertz CT molecular complexity index is 753. The van der Waals surface area contributed by atoms with Crippen LogP contribution in [0, 0.1) is 5.82 Å². The Morgan fingerprint density at radius 3 is 2.80 bits per heavy atom. The predicted molar refractivity (Wildman–Crippen MR) is 80.5 cm³/mol. The van der Waals surface area contributed by atoms with Gasteiger partial charge in [-0.2, -0.15) is 0 Å². The molecule has 4 heteroatoms. The first-order valence-corrected chi connectivity index (χ1v) is 6.63. The van der Waals surface area contributed by atoms with Gasteiger partial charge >= 0.3 is 0 Å². The van der Waals surface area contributed by atoms with E-state index in [2.05, 4.69) is 10.3 Å². The van der Waals surface area contributed by atoms with Crippen molar-refractivity contribution in [2.45, 2.75) is 6.54 Å². The molecule has 0 spiro atoms. The van der Waals surface area contributed by atoms with Crippen molar-refractivity contribution in [3.05, 3.63) is 71.3 Å². The monoisotopic (exact) mass is 286 g/mol. The van der Waals surface area contributed by atoms with Crippen molar-refractivity contribution in [2.75, 3.05) is 5.32 Å². The lowest BCUT2D eigenvalue weighted by Crippen LogP contribution is -2.02. The molecule has 100 valence electrons. The van der Waals surface area contributed by atoms with Gasteiger partial charge in [-0.1, -0.05) is 41.9 Å². The van der Waals surface area contributed by atoms with E-state index in [-0.39, 0.29) is 5.02 Å². The second-order valence-corrected chi connectivity index (χ2v) is 4.88. The number of benzene rings is 2. The summed E-state index contributed by atoms with van der Waals surface area (Å²) in [6, 6.07) is 12.9. The van der Waals surface area contributed by atoms with E-state index in [4.69, 9.17) is 11.6 Å². The Labute approximate surface area is 121 Å². The number of pyridine rings is 1. The first-order valence-electron chi connectivity index (χ1n) is 6.25. The lowest BCUT2D eigenvalue weighted by atomic mass is 10.1. The van der Waals surface area contributed by atoms with Crippen LogP contribution in [-0.2, 0) is 6.54 Å². The molecule has 0 bridgehead atoms. The summed E-state index contributed by atoms with van der Waals surface area (Å²) < 4.78 is 13.8. The van der Waals surface area contributed by atoms with Gasteiger partial charge in [0, 0.05) is 24.3 Å². The van der Waals surface area contributed by atoms with Gasteiger partial charge in [0.05, 0.1) is 10.7 Å². The molecule has 0 aliphatic carbocycles. The summed E-state index contributed by atoms with van der Waals surface area (Å²) in [6.45, 7) is 0.492. The third-order valence-electron chi connectivity index (χ3n) is 3.17. The molecule has 20 heavy (non-hydrogen) atoms. The highest BCUT2D eigenvalue weighted by Crippen LogP contribution is 2.23. The molecular formula is C16H12ClFN2. The van der Waals surface area contributed by atoms with E-state index in [0.29, 0.717) is 12.2 Å². The van der Waals surface area contributed by atoms with Crippen molar-refractivity contribution >= 4 is 28.1 Å². The van der Waals surface area contributed by atoms with Crippen LogP contribution in [0.25, 0.3) is 10.8 Å². The maximum absolute atomic E-state index is 13.8. The molecule has 0 amide bonds. The van der Waals surface area contributed by atoms with Crippen LogP contribution in [0.5, 0.6) is 0 Å². The average molecular weight is 287 g/mol. The van der Waals surface area contributed by atoms with Crippen LogP contribution < -0.4 is 5.32 Å². The molecule has 2 nitrogen and oxygen atoms in total. The molecule has 1 N–H and O–H groups in total. The summed E-state index contributed by atoms with van der Waals surface area (Å²) in [7, 11) is 0. The average Bonchev–Trinajstić information content (AvgIpc) is 2.49. The fraction of sp³-hybridized carbons (Fsp3) is 0.0625. The van der Waals surface area contributed by atoms with Crippen molar-refractivity contribution in [3.8, 4) is 0 Å². The lowest BCUT2D eigenvalue weighted by Gasteiger charge is -2.10. The van der Waals surface area contributed by atoms with Crippen LogP contribution in [0.2, 0.25) is 5.02 Å². The third kappa shape index (κ3) is 2.45. The van der Waals surface area contributed by atoms with Gasteiger partial charge in [-0.3, -0.25) is 4.98 Å². The molecule has 3 rings (SSSR count). The number of rotatable bonds is 3. The Kier molecular flexibility index (Phi) is 3.52. The standard InChI is InChI=1S/C16H12ClFN2/c17-14-6-3-7-15(16(14)18)20-10-12-9-19-8-11-4-1-2-5-13(11)12/h1-9,20H,10H2. The molecule has 0 saturated heterocycles. The van der Waals surface area contributed by atoms with E-state index in [0.717, 1.165) is 16.3 Å². The Balaban J connectivity index is 1.89. The van der Waals surface area contributed by atoms with E-state index in [1.54, 1.807) is 18.3 Å². The van der Waals surface area contributed by atoms with E-state index >= 15 is 0 Å². The zero-order valence-electron chi connectivity index (χ0n) is 10.6. The van der Waals surface area contributed by atoms with E-state index in [1.807, 2.05) is 30.5 Å². The number of nitrogens with zero attached hydrogens (tertiary/aromatic N) is 1. The van der Waals surface area contributed by atoms with Gasteiger partial charge < -0.3 is 5.32 Å². The fourth-order valence-corrected chi connectivity index (χ4v) is 2.33. The lowest BCUT2D eigenvalue weighted by molar-refractivity contribution is 0.630. The number of aromatic nitrogens is 1. The normalized spacial score (nSPS) is 10.7. The molecule has 1 aromatic heterocycles. The Morgan fingerprint density at radius 2 is 1.90 bits per heavy atom. The number of fused-ring (bicyclic) bond motifs is 1. The van der Waals surface area contributed by atoms with Crippen LogP contribution in [0.4, 0.5) is 10.1 Å². The SMILES string of the molecule is Fc1c(Cl)cccc1NCc1cncc2ccccc12. The highest BCUT2D eigenvalue weighted by atomic mass is 35.5. The molecule has 0 saturated carbocycles. The zero-order chi connectivity index (χ0) is 13.9. The number of anilines is 1. The maximum Gasteiger partial charge on any atom is 0.164 e. The second-order valence-electron chi connectivity index (χ2n) is 4.47. The second kappa shape index (κ2) is 5.47. The van der Waals surface area contributed by atoms with Crippen molar-refractivity contribution in [2.24, 2.45) is 0 Å². The fourth-order valence-electron chi connectivity index (χ4n) is 2.15. The summed E-state index contributed by atoms with van der Waals surface area (Å²) in [5.74, 6) is -0.428. The highest BCUT2D eigenvalue weighted by molar-refractivity contribution is 6.31. The first-order chi connectivity index (χ1) is 9.75. The molecule has 1 heterocycles. The van der Waals surface area contributed by atoms with Crippen LogP contribution in [-0.4, -0.2) is 4.98 Å². The summed E-state index contributed by atoms with van der Waals surface area (Å²) in [5, 5.41) is 5.36. The van der Waals surface area contributed by atoms with Crippen molar-refractivity contribution in [1.82, 2.24) is 4.98 Å². The quantitative estimate of drug-likeness (QED) is 0.759. The molecular weight excluding hydrogens is 275 g/mol. The predicted octanol–water partition coefficient (Wildman–Crippen LogP) is 4.64. The molecule has 0 fully saturated rings. The summed E-state index contributed by atoms with van der Waals surface area (Å²) in [4.78, 5) is 4.21. The minimum Gasteiger partial charge on any atom is -0.378 e. The largest absolute Gasteiger partial charge is 0.378 e. The molecule has 0 unspecified atom stereocenters. The molecule has 0 radical (unpaired) electrons. The Morgan fingerprint density at radius 1 is 1.05 bits per heavy atom. The van der Waals surface area contributed by atoms with Crippen LogP contribution in [0.3, 0.4) is 0 Å². The van der Waals surface area contributed by atoms with Gasteiger partial charge in [-0.05, 0) is 23.1 Å². The van der Waals surface area contributed by atoms with Crippen LogP contribution in [0.15, 0.2) is 54.9 Å².